The van der Waals surface area contributed by atoms with E-state index in [1.165, 1.54) is 18.4 Å². The summed E-state index contributed by atoms with van der Waals surface area (Å²) in [7, 11) is 0. The van der Waals surface area contributed by atoms with Crippen LogP contribution in [0.5, 0.6) is 0 Å². The normalized spacial score (nSPS) is 18.3. The monoisotopic (exact) mass is 274 g/mol. The number of aryl methyl sites for hydroxylation is 3. The first-order chi connectivity index (χ1) is 9.52. The Labute approximate surface area is 122 Å². The van der Waals surface area contributed by atoms with Crippen LogP contribution >= 0.6 is 0 Å². The average Bonchev–Trinajstić information content (AvgIpc) is 2.87. The van der Waals surface area contributed by atoms with Gasteiger partial charge in [0.25, 0.3) is 5.91 Å². The zero-order valence-corrected chi connectivity index (χ0v) is 13.1. The van der Waals surface area contributed by atoms with Crippen LogP contribution < -0.4 is 5.32 Å². The molecular formula is C17H26N2O. The lowest BCUT2D eigenvalue weighted by atomic mass is 9.98. The van der Waals surface area contributed by atoms with Gasteiger partial charge in [-0.3, -0.25) is 4.79 Å². The summed E-state index contributed by atoms with van der Waals surface area (Å²) in [5.74, 6) is 0.177. The van der Waals surface area contributed by atoms with E-state index in [2.05, 4.69) is 31.3 Å². The Bertz CT molecular complexity index is 467. The second-order valence-electron chi connectivity index (χ2n) is 5.91. The molecule has 1 heterocycles. The zero-order chi connectivity index (χ0) is 14.7. The molecule has 1 aliphatic heterocycles. The smallest absolute Gasteiger partial charge is 0.254 e. The summed E-state index contributed by atoms with van der Waals surface area (Å²) >= 11 is 0. The van der Waals surface area contributed by atoms with Crippen molar-refractivity contribution in [2.45, 2.75) is 46.6 Å². The number of nitrogens with zero attached hydrogens (tertiary/aromatic N) is 1. The molecule has 110 valence electrons. The van der Waals surface area contributed by atoms with Gasteiger partial charge in [-0.1, -0.05) is 17.7 Å². The third kappa shape index (κ3) is 3.21. The van der Waals surface area contributed by atoms with Crippen molar-refractivity contribution >= 4 is 5.91 Å². The minimum absolute atomic E-state index is 0.177. The van der Waals surface area contributed by atoms with Crippen LogP contribution in [-0.2, 0) is 0 Å². The molecular weight excluding hydrogens is 248 g/mol. The van der Waals surface area contributed by atoms with Crippen LogP contribution in [0, 0.1) is 20.8 Å². The van der Waals surface area contributed by atoms with Gasteiger partial charge in [-0.2, -0.15) is 0 Å². The summed E-state index contributed by atoms with van der Waals surface area (Å²) in [5.41, 5.74) is 4.28. The molecule has 1 unspecified atom stereocenters. The summed E-state index contributed by atoms with van der Waals surface area (Å²) < 4.78 is 0. The quantitative estimate of drug-likeness (QED) is 0.915. The van der Waals surface area contributed by atoms with Crippen LogP contribution in [0.25, 0.3) is 0 Å². The minimum atomic E-state index is 0.177. The molecule has 1 saturated heterocycles. The van der Waals surface area contributed by atoms with Crippen LogP contribution in [0.2, 0.25) is 0 Å². The van der Waals surface area contributed by atoms with Gasteiger partial charge in [0.2, 0.25) is 0 Å². The van der Waals surface area contributed by atoms with Crippen LogP contribution in [0.1, 0.15) is 46.8 Å². The van der Waals surface area contributed by atoms with E-state index in [-0.39, 0.29) is 5.91 Å². The first kappa shape index (κ1) is 15.0. The largest absolute Gasteiger partial charge is 0.337 e. The molecule has 1 fully saturated rings. The number of benzene rings is 1. The maximum Gasteiger partial charge on any atom is 0.254 e. The number of rotatable bonds is 4. The Hall–Kier alpha value is -1.35. The summed E-state index contributed by atoms with van der Waals surface area (Å²) in [5, 5.41) is 3.47. The third-order valence-corrected chi connectivity index (χ3v) is 4.16. The van der Waals surface area contributed by atoms with Gasteiger partial charge in [-0.05, 0) is 58.2 Å². The maximum atomic E-state index is 12.8. The highest BCUT2D eigenvalue weighted by Crippen LogP contribution is 2.19. The Morgan fingerprint density at radius 2 is 1.95 bits per heavy atom. The SMILES string of the molecule is CCN(CC1CCCN1)C(=O)c1c(C)cc(C)cc1C. The molecule has 1 amide bonds. The predicted molar refractivity (Wildman–Crippen MR) is 83.3 cm³/mol. The van der Waals surface area contributed by atoms with E-state index >= 15 is 0 Å². The van der Waals surface area contributed by atoms with Crippen LogP contribution in [0.4, 0.5) is 0 Å². The number of carbonyl (C=O) groups excluding carboxylic acids is 1. The molecule has 0 bridgehead atoms. The molecule has 3 nitrogen and oxygen atoms in total. The molecule has 20 heavy (non-hydrogen) atoms. The van der Waals surface area contributed by atoms with E-state index in [4.69, 9.17) is 0 Å². The molecule has 1 aromatic rings. The van der Waals surface area contributed by atoms with Gasteiger partial charge in [0.1, 0.15) is 0 Å². The number of carbonyl (C=O) groups is 1. The Balaban J connectivity index is 2.19. The van der Waals surface area contributed by atoms with Crippen molar-refractivity contribution in [3.05, 3.63) is 34.4 Å². The number of hydrogen-bond donors (Lipinski definition) is 1. The molecule has 1 aromatic carbocycles. The number of likely N-dealkylation sites (N-methyl/N-ethyl adjacent to an activating group) is 1. The van der Waals surface area contributed by atoms with Gasteiger partial charge in [0.05, 0.1) is 0 Å². The van der Waals surface area contributed by atoms with E-state index < -0.39 is 0 Å². The fourth-order valence-electron chi connectivity index (χ4n) is 3.21. The van der Waals surface area contributed by atoms with Crippen molar-refractivity contribution in [3.8, 4) is 0 Å². The van der Waals surface area contributed by atoms with Gasteiger partial charge in [-0.15, -0.1) is 0 Å². The highest BCUT2D eigenvalue weighted by Gasteiger charge is 2.23. The molecule has 0 saturated carbocycles. The topological polar surface area (TPSA) is 32.3 Å². The van der Waals surface area contributed by atoms with Crippen molar-refractivity contribution < 1.29 is 4.79 Å². The molecule has 0 radical (unpaired) electrons. The molecule has 0 aliphatic carbocycles. The summed E-state index contributed by atoms with van der Waals surface area (Å²) in [4.78, 5) is 14.8. The number of amides is 1. The van der Waals surface area contributed by atoms with E-state index in [0.29, 0.717) is 6.04 Å². The molecule has 1 N–H and O–H groups in total. The zero-order valence-electron chi connectivity index (χ0n) is 13.1. The van der Waals surface area contributed by atoms with Crippen molar-refractivity contribution in [1.29, 1.82) is 0 Å². The fourth-order valence-corrected chi connectivity index (χ4v) is 3.21. The lowest BCUT2D eigenvalue weighted by Gasteiger charge is -2.26. The van der Waals surface area contributed by atoms with Gasteiger partial charge in [0.15, 0.2) is 0 Å². The average molecular weight is 274 g/mol. The lowest BCUT2D eigenvalue weighted by molar-refractivity contribution is 0.0750. The summed E-state index contributed by atoms with van der Waals surface area (Å²) in [6.07, 6.45) is 2.40. The van der Waals surface area contributed by atoms with Gasteiger partial charge >= 0.3 is 0 Å². The molecule has 2 rings (SSSR count). The summed E-state index contributed by atoms with van der Waals surface area (Å²) in [6, 6.07) is 4.66. The van der Waals surface area contributed by atoms with Gasteiger partial charge in [0, 0.05) is 24.7 Å². The third-order valence-electron chi connectivity index (χ3n) is 4.16. The number of hydrogen-bond acceptors (Lipinski definition) is 2. The Kier molecular flexibility index (Phi) is 4.81. The van der Waals surface area contributed by atoms with Crippen LogP contribution in [-0.4, -0.2) is 36.5 Å². The first-order valence-corrected chi connectivity index (χ1v) is 7.63. The molecule has 3 heteroatoms. The standard InChI is InChI=1S/C17H26N2O/c1-5-19(11-15-7-6-8-18-15)17(20)16-13(3)9-12(2)10-14(16)4/h9-10,15,18H,5-8,11H2,1-4H3. The first-order valence-electron chi connectivity index (χ1n) is 7.63. The highest BCUT2D eigenvalue weighted by atomic mass is 16.2. The van der Waals surface area contributed by atoms with E-state index in [1.807, 2.05) is 18.7 Å². The lowest BCUT2D eigenvalue weighted by Crippen LogP contribution is -2.41. The maximum absolute atomic E-state index is 12.8. The van der Waals surface area contributed by atoms with Crippen molar-refractivity contribution in [2.24, 2.45) is 0 Å². The van der Waals surface area contributed by atoms with Crippen molar-refractivity contribution in [1.82, 2.24) is 10.2 Å². The summed E-state index contributed by atoms with van der Waals surface area (Å²) in [6.45, 7) is 10.9. The Morgan fingerprint density at radius 3 is 2.45 bits per heavy atom. The van der Waals surface area contributed by atoms with E-state index in [9.17, 15) is 4.79 Å². The fraction of sp³-hybridized carbons (Fsp3) is 0.588. The second kappa shape index (κ2) is 6.40. The van der Waals surface area contributed by atoms with E-state index in [1.54, 1.807) is 0 Å². The van der Waals surface area contributed by atoms with Crippen molar-refractivity contribution in [3.63, 3.8) is 0 Å². The van der Waals surface area contributed by atoms with Gasteiger partial charge < -0.3 is 10.2 Å². The predicted octanol–water partition coefficient (Wildman–Crippen LogP) is 2.83. The van der Waals surface area contributed by atoms with Crippen molar-refractivity contribution in [2.75, 3.05) is 19.6 Å². The number of nitrogens with one attached hydrogen (secondary N) is 1. The molecule has 0 spiro atoms. The minimum Gasteiger partial charge on any atom is -0.337 e. The second-order valence-corrected chi connectivity index (χ2v) is 5.91. The van der Waals surface area contributed by atoms with Gasteiger partial charge in [-0.25, -0.2) is 0 Å². The molecule has 1 atom stereocenters. The van der Waals surface area contributed by atoms with Crippen LogP contribution in [0.15, 0.2) is 12.1 Å². The Morgan fingerprint density at radius 1 is 1.30 bits per heavy atom. The van der Waals surface area contributed by atoms with Crippen LogP contribution in [0.3, 0.4) is 0 Å². The molecule has 0 aromatic heterocycles. The molecule has 1 aliphatic rings. The highest BCUT2D eigenvalue weighted by molar-refractivity contribution is 5.97. The van der Waals surface area contributed by atoms with E-state index in [0.717, 1.165) is 36.3 Å².